The Morgan fingerprint density at radius 3 is 2.70 bits per heavy atom. The van der Waals surface area contributed by atoms with Gasteiger partial charge in [0.25, 0.3) is 0 Å². The molecule has 1 unspecified atom stereocenters. The normalized spacial score (nSPS) is 12.8. The van der Waals surface area contributed by atoms with Crippen LogP contribution in [0, 0.1) is 0 Å². The summed E-state index contributed by atoms with van der Waals surface area (Å²) in [4.78, 5) is 26.5. The monoisotopic (exact) mass is 282 g/mol. The number of carbonyl (C=O) groups excluding carboxylic acids is 2. The van der Waals surface area contributed by atoms with Gasteiger partial charge in [-0.15, -0.1) is 0 Å². The van der Waals surface area contributed by atoms with Gasteiger partial charge in [-0.25, -0.2) is 9.78 Å². The number of aromatic nitrogens is 2. The quantitative estimate of drug-likeness (QED) is 0.851. The first-order chi connectivity index (χ1) is 9.19. The average molecular weight is 282 g/mol. The van der Waals surface area contributed by atoms with Crippen molar-refractivity contribution in [2.45, 2.75) is 52.3 Å². The number of amides is 2. The van der Waals surface area contributed by atoms with Crippen LogP contribution in [-0.4, -0.2) is 27.2 Å². The van der Waals surface area contributed by atoms with Crippen LogP contribution >= 0.6 is 0 Å². The number of nitrogens with one attached hydrogen (secondary N) is 1. The summed E-state index contributed by atoms with van der Waals surface area (Å²) in [5, 5.41) is 2.73. The third kappa shape index (κ3) is 5.29. The van der Waals surface area contributed by atoms with Crippen molar-refractivity contribution in [1.82, 2.24) is 14.9 Å². The van der Waals surface area contributed by atoms with E-state index < -0.39 is 11.7 Å². The predicted molar refractivity (Wildman–Crippen MR) is 73.8 cm³/mol. The second-order valence-corrected chi connectivity index (χ2v) is 5.60. The molecule has 0 saturated heterocycles. The molecule has 1 aromatic rings. The number of alkyl carbamates (subject to hydrolysis) is 1. The Hall–Kier alpha value is -2.05. The van der Waals surface area contributed by atoms with Crippen LogP contribution in [0.1, 0.15) is 45.9 Å². The number of imidazole rings is 1. The number of carbonyl (C=O) groups is 2. The van der Waals surface area contributed by atoms with E-state index >= 15 is 0 Å². The molecule has 7 heteroatoms. The minimum Gasteiger partial charge on any atom is -0.444 e. The van der Waals surface area contributed by atoms with Crippen LogP contribution in [0.2, 0.25) is 0 Å². The second kappa shape index (κ2) is 6.40. The molecule has 0 aliphatic heterocycles. The molecule has 0 aliphatic rings. The molecule has 0 aliphatic carbocycles. The molecular weight excluding hydrogens is 260 g/mol. The van der Waals surface area contributed by atoms with Gasteiger partial charge in [0.1, 0.15) is 5.60 Å². The Kier molecular flexibility index (Phi) is 5.12. The highest BCUT2D eigenvalue weighted by Crippen LogP contribution is 2.14. The van der Waals surface area contributed by atoms with Crippen LogP contribution in [0.4, 0.5) is 4.79 Å². The minimum absolute atomic E-state index is 0.225. The lowest BCUT2D eigenvalue weighted by atomic mass is 10.2. The summed E-state index contributed by atoms with van der Waals surface area (Å²) in [5.74, 6) is -0.377. The summed E-state index contributed by atoms with van der Waals surface area (Å²) >= 11 is 0. The van der Waals surface area contributed by atoms with E-state index in [9.17, 15) is 9.59 Å². The molecule has 1 rings (SSSR count). The highest BCUT2D eigenvalue weighted by molar-refractivity contribution is 5.73. The number of aryl methyl sites for hydroxylation is 1. The lowest BCUT2D eigenvalue weighted by molar-refractivity contribution is -0.118. The zero-order valence-electron chi connectivity index (χ0n) is 12.3. The van der Waals surface area contributed by atoms with Crippen LogP contribution < -0.4 is 11.1 Å². The fourth-order valence-electron chi connectivity index (χ4n) is 1.67. The molecule has 1 atom stereocenters. The van der Waals surface area contributed by atoms with Crippen molar-refractivity contribution >= 4 is 12.0 Å². The van der Waals surface area contributed by atoms with Gasteiger partial charge in [-0.3, -0.25) is 4.79 Å². The highest BCUT2D eigenvalue weighted by Gasteiger charge is 2.19. The van der Waals surface area contributed by atoms with Gasteiger partial charge >= 0.3 is 6.09 Å². The smallest absolute Gasteiger partial charge is 0.408 e. The Labute approximate surface area is 118 Å². The molecule has 0 bridgehead atoms. The zero-order valence-corrected chi connectivity index (χ0v) is 12.3. The lowest BCUT2D eigenvalue weighted by Gasteiger charge is -2.22. The summed E-state index contributed by atoms with van der Waals surface area (Å²) in [5.41, 5.74) is 5.37. The van der Waals surface area contributed by atoms with Crippen LogP contribution in [0.5, 0.6) is 0 Å². The van der Waals surface area contributed by atoms with Crippen LogP contribution in [0.3, 0.4) is 0 Å². The van der Waals surface area contributed by atoms with Crippen LogP contribution in [-0.2, 0) is 16.1 Å². The van der Waals surface area contributed by atoms with Crippen molar-refractivity contribution in [1.29, 1.82) is 0 Å². The van der Waals surface area contributed by atoms with E-state index in [1.165, 1.54) is 0 Å². The van der Waals surface area contributed by atoms with E-state index in [-0.39, 0.29) is 18.4 Å². The number of hydrogen-bond donors (Lipinski definition) is 2. The molecular formula is C13H22N4O3. The molecule has 1 heterocycles. The molecule has 112 valence electrons. The van der Waals surface area contributed by atoms with Gasteiger partial charge in [-0.05, 0) is 27.7 Å². The number of rotatable bonds is 5. The Balaban J connectivity index is 2.63. The van der Waals surface area contributed by atoms with E-state index in [1.807, 2.05) is 6.92 Å². The van der Waals surface area contributed by atoms with Crippen LogP contribution in [0.25, 0.3) is 0 Å². The number of nitrogens with zero attached hydrogens (tertiary/aromatic N) is 2. The van der Waals surface area contributed by atoms with E-state index in [0.29, 0.717) is 6.54 Å². The van der Waals surface area contributed by atoms with Gasteiger partial charge in [-0.2, -0.15) is 0 Å². The summed E-state index contributed by atoms with van der Waals surface area (Å²) in [6, 6.07) is -0.278. The summed E-state index contributed by atoms with van der Waals surface area (Å²) < 4.78 is 6.98. The summed E-state index contributed by atoms with van der Waals surface area (Å²) in [7, 11) is 0. The number of nitrogens with two attached hydrogens (primary N) is 1. The molecule has 7 nitrogen and oxygen atoms in total. The second-order valence-electron chi connectivity index (χ2n) is 5.60. The molecule has 0 fully saturated rings. The Bertz CT molecular complexity index is 476. The standard InChI is InChI=1S/C13H22N4O3/c1-9(16-12(19)20-13(2,3)4)10-7-15-8-17(10)6-5-11(14)18/h7-9H,5-6H2,1-4H3,(H2,14,18)(H,16,19). The number of ether oxygens (including phenoxy) is 1. The molecule has 1 aromatic heterocycles. The van der Waals surface area contributed by atoms with Crippen LogP contribution in [0.15, 0.2) is 12.5 Å². The molecule has 0 saturated carbocycles. The van der Waals surface area contributed by atoms with E-state index in [2.05, 4.69) is 10.3 Å². The molecule has 3 N–H and O–H groups in total. The third-order valence-corrected chi connectivity index (χ3v) is 2.52. The first-order valence-electron chi connectivity index (χ1n) is 6.47. The zero-order chi connectivity index (χ0) is 15.3. The van der Waals surface area contributed by atoms with Gasteiger partial charge in [0.15, 0.2) is 0 Å². The van der Waals surface area contributed by atoms with Gasteiger partial charge < -0.3 is 20.4 Å². The SMILES string of the molecule is CC(NC(=O)OC(C)(C)C)c1cncn1CCC(N)=O. The fraction of sp³-hybridized carbons (Fsp3) is 0.615. The third-order valence-electron chi connectivity index (χ3n) is 2.52. The van der Waals surface area contributed by atoms with Crippen molar-refractivity contribution in [3.05, 3.63) is 18.2 Å². The Morgan fingerprint density at radius 2 is 2.15 bits per heavy atom. The van der Waals surface area contributed by atoms with Crippen molar-refractivity contribution in [2.24, 2.45) is 5.73 Å². The van der Waals surface area contributed by atoms with Gasteiger partial charge in [0.05, 0.1) is 24.3 Å². The first-order valence-corrected chi connectivity index (χ1v) is 6.47. The number of primary amides is 1. The molecule has 0 spiro atoms. The van der Waals surface area contributed by atoms with Crippen molar-refractivity contribution < 1.29 is 14.3 Å². The minimum atomic E-state index is -0.546. The van der Waals surface area contributed by atoms with Gasteiger partial charge in [-0.1, -0.05) is 0 Å². The molecule has 0 radical (unpaired) electrons. The fourth-order valence-corrected chi connectivity index (χ4v) is 1.67. The van der Waals surface area contributed by atoms with Crippen molar-refractivity contribution in [3.63, 3.8) is 0 Å². The van der Waals surface area contributed by atoms with E-state index in [1.54, 1.807) is 37.9 Å². The topological polar surface area (TPSA) is 99.2 Å². The van der Waals surface area contributed by atoms with Gasteiger partial charge in [0.2, 0.25) is 5.91 Å². The van der Waals surface area contributed by atoms with Gasteiger partial charge in [0, 0.05) is 13.0 Å². The van der Waals surface area contributed by atoms with Crippen molar-refractivity contribution in [2.75, 3.05) is 0 Å². The molecule has 20 heavy (non-hydrogen) atoms. The molecule has 0 aromatic carbocycles. The summed E-state index contributed by atoms with van der Waals surface area (Å²) in [6.07, 6.45) is 2.98. The number of hydrogen-bond acceptors (Lipinski definition) is 4. The first kappa shape index (κ1) is 16.0. The Morgan fingerprint density at radius 1 is 1.50 bits per heavy atom. The maximum absolute atomic E-state index is 11.7. The highest BCUT2D eigenvalue weighted by atomic mass is 16.6. The largest absolute Gasteiger partial charge is 0.444 e. The molecule has 2 amide bonds. The summed E-state index contributed by atoms with van der Waals surface area (Å²) in [6.45, 7) is 7.66. The predicted octanol–water partition coefficient (Wildman–Crippen LogP) is 1.34. The average Bonchev–Trinajstić information content (AvgIpc) is 2.71. The maximum Gasteiger partial charge on any atom is 0.408 e. The van der Waals surface area contributed by atoms with E-state index in [4.69, 9.17) is 10.5 Å². The van der Waals surface area contributed by atoms with E-state index in [0.717, 1.165) is 5.69 Å². The lowest BCUT2D eigenvalue weighted by Crippen LogP contribution is -2.34. The maximum atomic E-state index is 11.7. The van der Waals surface area contributed by atoms with Crippen molar-refractivity contribution in [3.8, 4) is 0 Å².